The van der Waals surface area contributed by atoms with Crippen molar-refractivity contribution in [1.82, 2.24) is 9.36 Å². The van der Waals surface area contributed by atoms with Crippen LogP contribution >= 0.6 is 11.5 Å². The first kappa shape index (κ1) is 11.3. The number of nitrogens with zero attached hydrogens (tertiary/aromatic N) is 3. The monoisotopic (exact) mass is 241 g/mol. The Hall–Kier alpha value is -1.17. The van der Waals surface area contributed by atoms with Crippen molar-refractivity contribution in [3.05, 3.63) is 5.82 Å². The smallest absolute Gasteiger partial charge is 0.326 e. The molecule has 0 aliphatic carbocycles. The molecule has 1 aliphatic rings. The molecule has 6 heteroatoms. The molecule has 0 amide bonds. The normalized spacial score (nSPS) is 25.0. The lowest BCUT2D eigenvalue weighted by Gasteiger charge is -2.21. The van der Waals surface area contributed by atoms with Crippen LogP contribution in [0.3, 0.4) is 0 Å². The molecular weight excluding hydrogens is 226 g/mol. The van der Waals surface area contributed by atoms with Crippen LogP contribution in [0.4, 0.5) is 5.13 Å². The number of anilines is 1. The highest BCUT2D eigenvalue weighted by atomic mass is 32.1. The largest absolute Gasteiger partial charge is 0.480 e. The maximum atomic E-state index is 11.2. The standard InChI is InChI=1S/C10H15N3O2S/c1-3-7-11-10(16-12-7)13-5-4-6(2)8(13)9(14)15/h6,8H,3-5H2,1-2H3,(H,14,15). The van der Waals surface area contributed by atoms with Crippen LogP contribution in [-0.4, -0.2) is 33.0 Å². The molecule has 1 fully saturated rings. The fraction of sp³-hybridized carbons (Fsp3) is 0.700. The molecule has 88 valence electrons. The second-order valence-electron chi connectivity index (χ2n) is 4.09. The molecule has 1 saturated heterocycles. The summed E-state index contributed by atoms with van der Waals surface area (Å²) in [6.07, 6.45) is 1.69. The summed E-state index contributed by atoms with van der Waals surface area (Å²) in [5.41, 5.74) is 0. The number of carboxylic acid groups (broad SMARTS) is 1. The van der Waals surface area contributed by atoms with Crippen molar-refractivity contribution in [3.8, 4) is 0 Å². The van der Waals surface area contributed by atoms with Crippen LogP contribution in [-0.2, 0) is 11.2 Å². The summed E-state index contributed by atoms with van der Waals surface area (Å²) in [4.78, 5) is 17.4. The van der Waals surface area contributed by atoms with E-state index in [2.05, 4.69) is 9.36 Å². The molecule has 0 aromatic carbocycles. The van der Waals surface area contributed by atoms with Crippen molar-refractivity contribution < 1.29 is 9.90 Å². The van der Waals surface area contributed by atoms with Crippen LogP contribution in [0.15, 0.2) is 0 Å². The molecular formula is C10H15N3O2S. The highest BCUT2D eigenvalue weighted by Crippen LogP contribution is 2.30. The highest BCUT2D eigenvalue weighted by molar-refractivity contribution is 7.09. The Labute approximate surface area is 98.3 Å². The molecule has 0 spiro atoms. The van der Waals surface area contributed by atoms with E-state index < -0.39 is 12.0 Å². The van der Waals surface area contributed by atoms with Crippen LogP contribution in [0, 0.1) is 5.92 Å². The van der Waals surface area contributed by atoms with Gasteiger partial charge in [-0.3, -0.25) is 0 Å². The van der Waals surface area contributed by atoms with Crippen LogP contribution in [0.5, 0.6) is 0 Å². The number of hydrogen-bond donors (Lipinski definition) is 1. The summed E-state index contributed by atoms with van der Waals surface area (Å²) in [6, 6.07) is -0.447. The molecule has 16 heavy (non-hydrogen) atoms. The fourth-order valence-electron chi connectivity index (χ4n) is 2.04. The molecule has 0 saturated carbocycles. The molecule has 1 aromatic rings. The van der Waals surface area contributed by atoms with Gasteiger partial charge in [-0.2, -0.15) is 4.37 Å². The SMILES string of the molecule is CCc1nsc(N2CCC(C)C2C(=O)O)n1. The molecule has 5 nitrogen and oxygen atoms in total. The molecule has 2 unspecified atom stereocenters. The molecule has 0 bridgehead atoms. The van der Waals surface area contributed by atoms with Crippen molar-refractivity contribution in [1.29, 1.82) is 0 Å². The quantitative estimate of drug-likeness (QED) is 0.866. The molecule has 1 N–H and O–H groups in total. The predicted octanol–water partition coefficient (Wildman–Crippen LogP) is 1.40. The maximum Gasteiger partial charge on any atom is 0.326 e. The predicted molar refractivity (Wildman–Crippen MR) is 61.8 cm³/mol. The van der Waals surface area contributed by atoms with Gasteiger partial charge in [-0.1, -0.05) is 13.8 Å². The van der Waals surface area contributed by atoms with Crippen molar-refractivity contribution in [2.75, 3.05) is 11.4 Å². The Morgan fingerprint density at radius 1 is 1.69 bits per heavy atom. The molecule has 1 aromatic heterocycles. The van der Waals surface area contributed by atoms with E-state index in [9.17, 15) is 9.90 Å². The minimum atomic E-state index is -0.766. The first-order valence-electron chi connectivity index (χ1n) is 5.45. The van der Waals surface area contributed by atoms with E-state index in [1.807, 2.05) is 18.7 Å². The van der Waals surface area contributed by atoms with Gasteiger partial charge >= 0.3 is 5.97 Å². The number of hydrogen-bond acceptors (Lipinski definition) is 5. The minimum Gasteiger partial charge on any atom is -0.480 e. The van der Waals surface area contributed by atoms with E-state index in [1.165, 1.54) is 11.5 Å². The Bertz CT molecular complexity index is 393. The maximum absolute atomic E-state index is 11.2. The second kappa shape index (κ2) is 4.37. The number of carboxylic acids is 1. The minimum absolute atomic E-state index is 0.173. The third kappa shape index (κ3) is 1.89. The molecule has 2 rings (SSSR count). The van der Waals surface area contributed by atoms with E-state index >= 15 is 0 Å². The summed E-state index contributed by atoms with van der Waals surface area (Å²) in [7, 11) is 0. The summed E-state index contributed by atoms with van der Waals surface area (Å²) in [6.45, 7) is 4.73. The lowest BCUT2D eigenvalue weighted by molar-refractivity contribution is -0.139. The number of carbonyl (C=O) groups is 1. The lowest BCUT2D eigenvalue weighted by atomic mass is 10.0. The zero-order valence-corrected chi connectivity index (χ0v) is 10.2. The number of aryl methyl sites for hydroxylation is 1. The van der Waals surface area contributed by atoms with Gasteiger partial charge in [0.15, 0.2) is 0 Å². The molecule has 1 aliphatic heterocycles. The third-order valence-electron chi connectivity index (χ3n) is 2.97. The zero-order valence-electron chi connectivity index (χ0n) is 9.38. The summed E-state index contributed by atoms with van der Waals surface area (Å²) < 4.78 is 4.19. The number of aromatic nitrogens is 2. The van der Waals surface area contributed by atoms with E-state index in [0.717, 1.165) is 30.3 Å². The van der Waals surface area contributed by atoms with Crippen LogP contribution in [0.2, 0.25) is 0 Å². The summed E-state index contributed by atoms with van der Waals surface area (Å²) in [5, 5.41) is 9.94. The zero-order chi connectivity index (χ0) is 11.7. The van der Waals surface area contributed by atoms with Crippen LogP contribution in [0.25, 0.3) is 0 Å². The van der Waals surface area contributed by atoms with Crippen LogP contribution < -0.4 is 4.90 Å². The van der Waals surface area contributed by atoms with Gasteiger partial charge in [0.05, 0.1) is 0 Å². The van der Waals surface area contributed by atoms with Gasteiger partial charge < -0.3 is 10.0 Å². The van der Waals surface area contributed by atoms with Gasteiger partial charge in [-0.15, -0.1) is 0 Å². The third-order valence-corrected chi connectivity index (χ3v) is 3.76. The van der Waals surface area contributed by atoms with Crippen LogP contribution in [0.1, 0.15) is 26.1 Å². The van der Waals surface area contributed by atoms with Crippen molar-refractivity contribution in [2.45, 2.75) is 32.7 Å². The van der Waals surface area contributed by atoms with E-state index in [-0.39, 0.29) is 5.92 Å². The van der Waals surface area contributed by atoms with Gasteiger partial charge in [-0.25, -0.2) is 9.78 Å². The van der Waals surface area contributed by atoms with Gasteiger partial charge in [-0.05, 0) is 12.3 Å². The van der Waals surface area contributed by atoms with E-state index in [0.29, 0.717) is 0 Å². The van der Waals surface area contributed by atoms with Crippen molar-refractivity contribution in [2.24, 2.45) is 5.92 Å². The van der Waals surface area contributed by atoms with Gasteiger partial charge in [0.2, 0.25) is 5.13 Å². The molecule has 0 radical (unpaired) electrons. The Morgan fingerprint density at radius 3 is 3.00 bits per heavy atom. The summed E-state index contributed by atoms with van der Waals surface area (Å²) >= 11 is 1.30. The Balaban J connectivity index is 2.23. The number of aliphatic carboxylic acids is 1. The molecule has 2 atom stereocenters. The van der Waals surface area contributed by atoms with Crippen molar-refractivity contribution in [3.63, 3.8) is 0 Å². The van der Waals surface area contributed by atoms with E-state index in [1.54, 1.807) is 0 Å². The molecule has 2 heterocycles. The first-order chi connectivity index (χ1) is 7.63. The fourth-order valence-corrected chi connectivity index (χ4v) is 2.86. The topological polar surface area (TPSA) is 66.3 Å². The highest BCUT2D eigenvalue weighted by Gasteiger charge is 2.38. The average Bonchev–Trinajstić information content (AvgIpc) is 2.82. The lowest BCUT2D eigenvalue weighted by Crippen LogP contribution is -2.39. The van der Waals surface area contributed by atoms with Gasteiger partial charge in [0.25, 0.3) is 0 Å². The second-order valence-corrected chi connectivity index (χ2v) is 4.82. The average molecular weight is 241 g/mol. The Morgan fingerprint density at radius 2 is 2.44 bits per heavy atom. The van der Waals surface area contributed by atoms with E-state index in [4.69, 9.17) is 0 Å². The van der Waals surface area contributed by atoms with Gasteiger partial charge in [0.1, 0.15) is 11.9 Å². The Kier molecular flexibility index (Phi) is 3.09. The first-order valence-corrected chi connectivity index (χ1v) is 6.22. The number of rotatable bonds is 3. The van der Waals surface area contributed by atoms with Crippen molar-refractivity contribution >= 4 is 22.6 Å². The summed E-state index contributed by atoms with van der Waals surface area (Å²) in [5.74, 6) is 0.202. The van der Waals surface area contributed by atoms with Gasteiger partial charge in [0, 0.05) is 24.5 Å².